The predicted octanol–water partition coefficient (Wildman–Crippen LogP) is 4.16. The number of fused-ring (bicyclic) bond motifs is 1. The Morgan fingerprint density at radius 3 is 2.68 bits per heavy atom. The van der Waals surface area contributed by atoms with Crippen molar-refractivity contribution in [2.75, 3.05) is 18.6 Å². The van der Waals surface area contributed by atoms with Crippen LogP contribution in [-0.2, 0) is 0 Å². The smallest absolute Gasteiger partial charge is 0.225 e. The van der Waals surface area contributed by atoms with E-state index in [0.29, 0.717) is 10.0 Å². The summed E-state index contributed by atoms with van der Waals surface area (Å²) in [6, 6.07) is 13.9. The monoisotopic (exact) mass is 291 g/mol. The summed E-state index contributed by atoms with van der Waals surface area (Å²) in [4.78, 5) is 2.19. The molecular weight excluding hydrogens is 279 g/mol. The van der Waals surface area contributed by atoms with Gasteiger partial charge in [0.25, 0.3) is 0 Å². The van der Waals surface area contributed by atoms with Gasteiger partial charge in [0.05, 0.1) is 11.3 Å². The molecule has 0 N–H and O–H groups in total. The maximum Gasteiger partial charge on any atom is 0.225 e. The van der Waals surface area contributed by atoms with Crippen LogP contribution < -0.4 is 4.90 Å². The predicted molar refractivity (Wildman–Crippen MR) is 81.3 cm³/mol. The Hall–Kier alpha value is -1.51. The van der Waals surface area contributed by atoms with Crippen molar-refractivity contribution in [2.24, 2.45) is 0 Å². The minimum atomic E-state index is 0.652. The van der Waals surface area contributed by atoms with Crippen molar-refractivity contribution >= 4 is 40.8 Å². The highest BCUT2D eigenvalue weighted by Crippen LogP contribution is 2.30. The third-order valence-electron chi connectivity index (χ3n) is 3.23. The largest absolute Gasteiger partial charge is 0.319 e. The maximum absolute atomic E-state index is 6.27. The highest BCUT2D eigenvalue weighted by molar-refractivity contribution is 6.36. The van der Waals surface area contributed by atoms with Crippen LogP contribution in [0.2, 0.25) is 10.0 Å². The molecular formula is C15H13Cl2N2+. The summed E-state index contributed by atoms with van der Waals surface area (Å²) in [5.41, 5.74) is 3.37. The number of hydrogen-bond acceptors (Lipinski definition) is 1. The van der Waals surface area contributed by atoms with Gasteiger partial charge < -0.3 is 4.90 Å². The van der Waals surface area contributed by atoms with E-state index >= 15 is 0 Å². The van der Waals surface area contributed by atoms with Gasteiger partial charge in [-0.1, -0.05) is 35.3 Å². The maximum atomic E-state index is 6.27. The molecule has 0 amide bonds. The molecule has 0 spiro atoms. The molecule has 1 aliphatic heterocycles. The lowest BCUT2D eigenvalue weighted by Crippen LogP contribution is -2.32. The highest BCUT2D eigenvalue weighted by atomic mass is 35.5. The zero-order valence-electron chi connectivity index (χ0n) is 10.5. The molecule has 2 nitrogen and oxygen atoms in total. The van der Waals surface area contributed by atoms with Crippen molar-refractivity contribution < 1.29 is 4.58 Å². The first-order valence-corrected chi connectivity index (χ1v) is 6.77. The van der Waals surface area contributed by atoms with Crippen LogP contribution in [0.3, 0.4) is 0 Å². The fourth-order valence-corrected chi connectivity index (χ4v) is 2.83. The molecule has 0 radical (unpaired) electrons. The molecule has 0 aromatic heterocycles. The SMILES string of the molecule is CN1C[N+](c2ccc(Cl)cc2Cl)=Cc2ccccc21. The molecule has 2 aromatic carbocycles. The summed E-state index contributed by atoms with van der Waals surface area (Å²) in [5, 5.41) is 1.32. The molecule has 0 aliphatic carbocycles. The molecule has 0 saturated carbocycles. The average molecular weight is 292 g/mol. The van der Waals surface area contributed by atoms with Crippen LogP contribution >= 0.6 is 23.2 Å². The average Bonchev–Trinajstić information content (AvgIpc) is 2.38. The quantitative estimate of drug-likeness (QED) is 0.715. The second kappa shape index (κ2) is 4.87. The first-order valence-electron chi connectivity index (χ1n) is 6.02. The van der Waals surface area contributed by atoms with Crippen molar-refractivity contribution in [2.45, 2.75) is 0 Å². The van der Waals surface area contributed by atoms with Gasteiger partial charge in [0.15, 0.2) is 6.21 Å². The van der Waals surface area contributed by atoms with Crippen LogP contribution in [0.15, 0.2) is 42.5 Å². The lowest BCUT2D eigenvalue weighted by atomic mass is 10.1. The number of halogens is 2. The fourth-order valence-electron chi connectivity index (χ4n) is 2.32. The summed E-state index contributed by atoms with van der Waals surface area (Å²) < 4.78 is 2.13. The number of nitrogens with zero attached hydrogens (tertiary/aromatic N) is 2. The first-order chi connectivity index (χ1) is 9.15. The third-order valence-corrected chi connectivity index (χ3v) is 3.76. The van der Waals surface area contributed by atoms with Crippen molar-refractivity contribution in [1.29, 1.82) is 0 Å². The van der Waals surface area contributed by atoms with E-state index in [1.165, 1.54) is 11.3 Å². The molecule has 0 unspecified atom stereocenters. The molecule has 0 saturated heterocycles. The molecule has 0 bridgehead atoms. The lowest BCUT2D eigenvalue weighted by molar-refractivity contribution is -0.435. The Labute approximate surface area is 122 Å². The Kier molecular flexibility index (Phi) is 3.21. The summed E-state index contributed by atoms with van der Waals surface area (Å²) in [5.74, 6) is 0. The van der Waals surface area contributed by atoms with Gasteiger partial charge >= 0.3 is 0 Å². The van der Waals surface area contributed by atoms with E-state index in [0.717, 1.165) is 12.4 Å². The Bertz CT molecular complexity index is 665. The molecule has 2 aromatic rings. The van der Waals surface area contributed by atoms with Gasteiger partial charge in [-0.05, 0) is 24.3 Å². The van der Waals surface area contributed by atoms with Crippen molar-refractivity contribution in [3.8, 4) is 0 Å². The van der Waals surface area contributed by atoms with E-state index in [4.69, 9.17) is 23.2 Å². The Balaban J connectivity index is 2.10. The number of rotatable bonds is 1. The van der Waals surface area contributed by atoms with Crippen LogP contribution in [0.25, 0.3) is 0 Å². The van der Waals surface area contributed by atoms with Crippen LogP contribution in [0, 0.1) is 0 Å². The van der Waals surface area contributed by atoms with Gasteiger partial charge in [0.1, 0.15) is 5.02 Å². The summed E-state index contributed by atoms with van der Waals surface area (Å²) >= 11 is 12.2. The lowest BCUT2D eigenvalue weighted by Gasteiger charge is -2.23. The number of hydrogen-bond donors (Lipinski definition) is 0. The molecule has 1 aliphatic rings. The Morgan fingerprint density at radius 2 is 1.89 bits per heavy atom. The number of benzene rings is 2. The topological polar surface area (TPSA) is 6.25 Å². The minimum absolute atomic E-state index is 0.652. The zero-order chi connectivity index (χ0) is 13.4. The van der Waals surface area contributed by atoms with Crippen molar-refractivity contribution in [1.82, 2.24) is 0 Å². The van der Waals surface area contributed by atoms with E-state index in [-0.39, 0.29) is 0 Å². The van der Waals surface area contributed by atoms with Gasteiger partial charge in [-0.2, -0.15) is 4.58 Å². The van der Waals surface area contributed by atoms with Crippen LogP contribution in [0.5, 0.6) is 0 Å². The number of para-hydroxylation sites is 1. The van der Waals surface area contributed by atoms with Gasteiger partial charge in [-0.25, -0.2) is 0 Å². The molecule has 1 heterocycles. The molecule has 96 valence electrons. The summed E-state index contributed by atoms with van der Waals surface area (Å²) in [6.07, 6.45) is 2.12. The fraction of sp³-hybridized carbons (Fsp3) is 0.133. The molecule has 3 rings (SSSR count). The standard InChI is InChI=1S/C15H13Cl2N2/c1-18-10-19(9-11-4-2-3-5-14(11)18)15-7-6-12(16)8-13(15)17/h2-9H,10H2,1H3/q+1. The Morgan fingerprint density at radius 1 is 1.11 bits per heavy atom. The van der Waals surface area contributed by atoms with Gasteiger partial charge in [0, 0.05) is 18.1 Å². The summed E-state index contributed by atoms with van der Waals surface area (Å²) in [7, 11) is 2.07. The zero-order valence-corrected chi connectivity index (χ0v) is 12.0. The van der Waals surface area contributed by atoms with Gasteiger partial charge in [-0.15, -0.1) is 0 Å². The number of anilines is 1. The van der Waals surface area contributed by atoms with Crippen molar-refractivity contribution in [3.05, 3.63) is 58.1 Å². The second-order valence-corrected chi connectivity index (χ2v) is 5.44. The molecule has 0 fully saturated rings. The van der Waals surface area contributed by atoms with Crippen LogP contribution in [-0.4, -0.2) is 24.5 Å². The molecule has 0 atom stereocenters. The van der Waals surface area contributed by atoms with E-state index in [9.17, 15) is 0 Å². The highest BCUT2D eigenvalue weighted by Gasteiger charge is 2.23. The minimum Gasteiger partial charge on any atom is -0.319 e. The van der Waals surface area contributed by atoms with Crippen LogP contribution in [0.1, 0.15) is 5.56 Å². The molecule has 4 heteroatoms. The second-order valence-electron chi connectivity index (χ2n) is 4.59. The van der Waals surface area contributed by atoms with E-state index in [1.54, 1.807) is 6.07 Å². The van der Waals surface area contributed by atoms with Gasteiger partial charge in [0.2, 0.25) is 12.4 Å². The van der Waals surface area contributed by atoms with E-state index in [1.807, 2.05) is 24.3 Å². The van der Waals surface area contributed by atoms with E-state index < -0.39 is 0 Å². The third kappa shape index (κ3) is 2.34. The summed E-state index contributed by atoms with van der Waals surface area (Å²) in [6.45, 7) is 0.762. The first kappa shape index (κ1) is 12.5. The van der Waals surface area contributed by atoms with Crippen LogP contribution in [0.4, 0.5) is 11.4 Å². The normalized spacial score (nSPS) is 14.1. The molecule has 19 heavy (non-hydrogen) atoms. The van der Waals surface area contributed by atoms with Gasteiger partial charge in [-0.3, -0.25) is 0 Å². The van der Waals surface area contributed by atoms with E-state index in [2.05, 4.69) is 34.9 Å². The van der Waals surface area contributed by atoms with Crippen molar-refractivity contribution in [3.63, 3.8) is 0 Å².